The van der Waals surface area contributed by atoms with Crippen LogP contribution in [0.5, 0.6) is 0 Å². The number of fused-ring (bicyclic) bond motifs is 1. The van der Waals surface area contributed by atoms with E-state index in [1.165, 1.54) is 0 Å². The molecule has 5 rings (SSSR count). The van der Waals surface area contributed by atoms with Crippen molar-refractivity contribution in [3.05, 3.63) is 63.3 Å². The monoisotopic (exact) mass is 520 g/mol. The number of pyridine rings is 1. The number of piperidine rings is 1. The van der Waals surface area contributed by atoms with Gasteiger partial charge in [0.1, 0.15) is 11.4 Å². The van der Waals surface area contributed by atoms with Gasteiger partial charge in [-0.05, 0) is 63.3 Å². The summed E-state index contributed by atoms with van der Waals surface area (Å²) in [5, 5.41) is 11.3. The van der Waals surface area contributed by atoms with E-state index in [9.17, 15) is 14.9 Å². The summed E-state index contributed by atoms with van der Waals surface area (Å²) in [6, 6.07) is 8.94. The SMILES string of the molecule is CC(C)(C)OC(=O)N1CCC(CN2CCN(c3cc(C4=NCc5ccc([N+](=O)[O-])cc54)ccn3)CC2)CC1. The predicted octanol–water partition coefficient (Wildman–Crippen LogP) is 4.11. The van der Waals surface area contributed by atoms with Crippen molar-refractivity contribution in [2.75, 3.05) is 50.7 Å². The van der Waals surface area contributed by atoms with Crippen molar-refractivity contribution in [2.45, 2.75) is 45.8 Å². The molecule has 0 atom stereocenters. The average molecular weight is 521 g/mol. The number of likely N-dealkylation sites (tertiary alicyclic amines) is 1. The summed E-state index contributed by atoms with van der Waals surface area (Å²) in [5.41, 5.74) is 3.20. The number of hydrogen-bond donors (Lipinski definition) is 0. The van der Waals surface area contributed by atoms with Crippen LogP contribution in [0.2, 0.25) is 0 Å². The second-order valence-corrected chi connectivity index (χ2v) is 11.4. The van der Waals surface area contributed by atoms with Gasteiger partial charge in [0.25, 0.3) is 5.69 Å². The fourth-order valence-electron chi connectivity index (χ4n) is 5.42. The van der Waals surface area contributed by atoms with Crippen LogP contribution < -0.4 is 4.90 Å². The molecule has 0 bridgehead atoms. The summed E-state index contributed by atoms with van der Waals surface area (Å²) < 4.78 is 5.52. The number of aliphatic imine (C=N–C) groups is 1. The molecule has 0 unspecified atom stereocenters. The molecular weight excluding hydrogens is 484 g/mol. The number of anilines is 1. The molecule has 3 aliphatic heterocycles. The molecule has 4 heterocycles. The molecule has 1 amide bonds. The van der Waals surface area contributed by atoms with Crippen molar-refractivity contribution in [1.29, 1.82) is 0 Å². The number of benzene rings is 1. The summed E-state index contributed by atoms with van der Waals surface area (Å²) in [5.74, 6) is 1.50. The third-order valence-corrected chi connectivity index (χ3v) is 7.46. The van der Waals surface area contributed by atoms with E-state index in [-0.39, 0.29) is 16.7 Å². The maximum Gasteiger partial charge on any atom is 0.410 e. The highest BCUT2D eigenvalue weighted by atomic mass is 16.6. The van der Waals surface area contributed by atoms with E-state index < -0.39 is 5.60 Å². The zero-order chi connectivity index (χ0) is 26.9. The van der Waals surface area contributed by atoms with Gasteiger partial charge < -0.3 is 14.5 Å². The fraction of sp³-hybridized carbons (Fsp3) is 0.536. The molecule has 0 N–H and O–H groups in total. The predicted molar refractivity (Wildman–Crippen MR) is 146 cm³/mol. The van der Waals surface area contributed by atoms with Gasteiger partial charge in [-0.25, -0.2) is 9.78 Å². The van der Waals surface area contributed by atoms with Crippen LogP contribution in [0.1, 0.15) is 50.3 Å². The number of carbonyl (C=O) groups excluding carboxylic acids is 1. The zero-order valence-electron chi connectivity index (χ0n) is 22.4. The molecule has 10 heteroatoms. The standard InChI is InChI=1S/C28H36N6O4/c1-28(2,3)38-27(35)33-10-7-20(8-11-33)19-31-12-14-32(15-13-31)25-16-21(6-9-29-25)26-24-17-23(34(36)37)5-4-22(24)18-30-26/h4-6,9,16-17,20H,7-8,10-15,18-19H2,1-3H3. The van der Waals surface area contributed by atoms with E-state index in [4.69, 9.17) is 4.74 Å². The minimum Gasteiger partial charge on any atom is -0.444 e. The van der Waals surface area contributed by atoms with E-state index in [1.54, 1.807) is 24.4 Å². The molecule has 0 aliphatic carbocycles. The molecule has 2 saturated heterocycles. The second kappa shape index (κ2) is 10.7. The average Bonchev–Trinajstić information content (AvgIpc) is 3.32. The number of piperazine rings is 1. The van der Waals surface area contributed by atoms with Gasteiger partial charge in [-0.1, -0.05) is 0 Å². The largest absolute Gasteiger partial charge is 0.444 e. The number of rotatable bonds is 5. The molecule has 0 spiro atoms. The molecule has 10 nitrogen and oxygen atoms in total. The Balaban J connectivity index is 1.14. The number of aromatic nitrogens is 1. The molecule has 0 saturated carbocycles. The van der Waals surface area contributed by atoms with E-state index in [1.807, 2.05) is 31.7 Å². The second-order valence-electron chi connectivity index (χ2n) is 11.4. The lowest BCUT2D eigenvalue weighted by Gasteiger charge is -2.39. The number of non-ortho nitro benzene ring substituents is 1. The minimum atomic E-state index is -0.461. The van der Waals surface area contributed by atoms with Crippen LogP contribution in [0.15, 0.2) is 41.5 Å². The summed E-state index contributed by atoms with van der Waals surface area (Å²) in [6.45, 7) is 12.5. The summed E-state index contributed by atoms with van der Waals surface area (Å²) in [4.78, 5) is 39.2. The maximum atomic E-state index is 12.3. The Morgan fingerprint density at radius 1 is 1.08 bits per heavy atom. The van der Waals surface area contributed by atoms with Crippen molar-refractivity contribution in [3.8, 4) is 0 Å². The normalized spacial score (nSPS) is 18.8. The molecule has 38 heavy (non-hydrogen) atoms. The molecule has 1 aromatic carbocycles. The first kappa shape index (κ1) is 26.1. The lowest BCUT2D eigenvalue weighted by molar-refractivity contribution is -0.384. The number of carbonyl (C=O) groups is 1. The topological polar surface area (TPSA) is 104 Å². The van der Waals surface area contributed by atoms with Crippen molar-refractivity contribution in [3.63, 3.8) is 0 Å². The summed E-state index contributed by atoms with van der Waals surface area (Å²) in [7, 11) is 0. The van der Waals surface area contributed by atoms with Crippen LogP contribution in [0, 0.1) is 16.0 Å². The number of nitrogens with zero attached hydrogens (tertiary/aromatic N) is 6. The molecule has 202 valence electrons. The van der Waals surface area contributed by atoms with Gasteiger partial charge in [-0.15, -0.1) is 0 Å². The van der Waals surface area contributed by atoms with Crippen LogP contribution in [-0.2, 0) is 11.3 Å². The Kier molecular flexibility index (Phi) is 7.34. The fourth-order valence-corrected chi connectivity index (χ4v) is 5.42. The summed E-state index contributed by atoms with van der Waals surface area (Å²) >= 11 is 0. The van der Waals surface area contributed by atoms with Gasteiger partial charge >= 0.3 is 6.09 Å². The van der Waals surface area contributed by atoms with Gasteiger partial charge in [0.15, 0.2) is 0 Å². The Labute approximate surface area is 223 Å². The maximum absolute atomic E-state index is 12.3. The number of amides is 1. The first-order chi connectivity index (χ1) is 18.2. The highest BCUT2D eigenvalue weighted by molar-refractivity contribution is 6.15. The van der Waals surface area contributed by atoms with Crippen LogP contribution in [0.25, 0.3) is 0 Å². The lowest BCUT2D eigenvalue weighted by Crippen LogP contribution is -2.49. The Hall–Kier alpha value is -3.53. The first-order valence-electron chi connectivity index (χ1n) is 13.4. The third-order valence-electron chi connectivity index (χ3n) is 7.46. The highest BCUT2D eigenvalue weighted by Crippen LogP contribution is 2.28. The van der Waals surface area contributed by atoms with Gasteiger partial charge in [-0.3, -0.25) is 20.0 Å². The Morgan fingerprint density at radius 3 is 2.50 bits per heavy atom. The number of nitro benzene ring substituents is 1. The van der Waals surface area contributed by atoms with Crippen LogP contribution in [0.4, 0.5) is 16.3 Å². The van der Waals surface area contributed by atoms with Crippen LogP contribution >= 0.6 is 0 Å². The van der Waals surface area contributed by atoms with Crippen molar-refractivity contribution in [1.82, 2.24) is 14.8 Å². The minimum absolute atomic E-state index is 0.0827. The molecule has 1 aromatic heterocycles. The quantitative estimate of drug-likeness (QED) is 0.432. The van der Waals surface area contributed by atoms with Crippen molar-refractivity contribution >= 4 is 23.3 Å². The number of nitro groups is 1. The number of hydrogen-bond acceptors (Lipinski definition) is 8. The van der Waals surface area contributed by atoms with Crippen molar-refractivity contribution in [2.24, 2.45) is 10.9 Å². The van der Waals surface area contributed by atoms with E-state index in [2.05, 4.69) is 25.8 Å². The van der Waals surface area contributed by atoms with Gasteiger partial charge in [0, 0.05) is 75.3 Å². The smallest absolute Gasteiger partial charge is 0.410 e. The van der Waals surface area contributed by atoms with Gasteiger partial charge in [0.05, 0.1) is 17.2 Å². The Morgan fingerprint density at radius 2 is 1.82 bits per heavy atom. The Bertz CT molecular complexity index is 1220. The van der Waals surface area contributed by atoms with E-state index in [0.29, 0.717) is 12.5 Å². The molecule has 2 aromatic rings. The third kappa shape index (κ3) is 5.96. The van der Waals surface area contributed by atoms with Crippen LogP contribution in [0.3, 0.4) is 0 Å². The number of ether oxygens (including phenoxy) is 1. The lowest BCUT2D eigenvalue weighted by atomic mass is 9.96. The highest BCUT2D eigenvalue weighted by Gasteiger charge is 2.29. The molecule has 0 radical (unpaired) electrons. The zero-order valence-corrected chi connectivity index (χ0v) is 22.4. The van der Waals surface area contributed by atoms with Gasteiger partial charge in [0.2, 0.25) is 0 Å². The summed E-state index contributed by atoms with van der Waals surface area (Å²) in [6.07, 6.45) is 3.60. The van der Waals surface area contributed by atoms with E-state index in [0.717, 1.165) is 86.9 Å². The van der Waals surface area contributed by atoms with Crippen LogP contribution in [-0.4, -0.2) is 82.9 Å². The molecule has 2 fully saturated rings. The first-order valence-corrected chi connectivity index (χ1v) is 13.4. The van der Waals surface area contributed by atoms with E-state index >= 15 is 0 Å². The molecular formula is C28H36N6O4. The van der Waals surface area contributed by atoms with Crippen molar-refractivity contribution < 1.29 is 14.5 Å². The molecule has 3 aliphatic rings. The van der Waals surface area contributed by atoms with Gasteiger partial charge in [-0.2, -0.15) is 0 Å².